The van der Waals surface area contributed by atoms with Gasteiger partial charge >= 0.3 is 6.18 Å². The van der Waals surface area contributed by atoms with E-state index in [1.54, 1.807) is 36.4 Å². The average Bonchev–Trinajstić information content (AvgIpc) is 2.90. The zero-order chi connectivity index (χ0) is 27.0. The van der Waals surface area contributed by atoms with Gasteiger partial charge in [-0.2, -0.15) is 13.2 Å². The number of ether oxygens (including phenoxy) is 4. The highest BCUT2D eigenvalue weighted by molar-refractivity contribution is 6.03. The number of anilines is 1. The molecule has 0 saturated heterocycles. The molecule has 0 heterocycles. The van der Waals surface area contributed by atoms with Crippen molar-refractivity contribution >= 4 is 29.8 Å². The van der Waals surface area contributed by atoms with E-state index in [2.05, 4.69) is 5.32 Å². The number of hydrogen-bond donors (Lipinski definition) is 1. The minimum absolute atomic E-state index is 0.455. The number of methoxy groups -OCH3 is 4. The van der Waals surface area contributed by atoms with Crippen molar-refractivity contribution in [3.63, 3.8) is 0 Å². The summed E-state index contributed by atoms with van der Waals surface area (Å²) in [5.41, 5.74) is 1.63. The number of halogens is 3. The van der Waals surface area contributed by atoms with Crippen LogP contribution in [0.25, 0.3) is 18.2 Å². The summed E-state index contributed by atoms with van der Waals surface area (Å²) in [4.78, 5) is 12.6. The lowest BCUT2D eigenvalue weighted by molar-refractivity contribution is -0.137. The van der Waals surface area contributed by atoms with Gasteiger partial charge in [-0.1, -0.05) is 24.3 Å². The highest BCUT2D eigenvalue weighted by atomic mass is 19.4. The predicted octanol–water partition coefficient (Wildman–Crippen LogP) is 6.56. The van der Waals surface area contributed by atoms with Crippen LogP contribution in [0.4, 0.5) is 18.9 Å². The molecule has 0 saturated carbocycles. The largest absolute Gasteiger partial charge is 0.497 e. The van der Waals surface area contributed by atoms with Gasteiger partial charge in [-0.25, -0.2) is 0 Å². The van der Waals surface area contributed by atoms with Gasteiger partial charge in [-0.05, 0) is 59.2 Å². The zero-order valence-electron chi connectivity index (χ0n) is 20.7. The zero-order valence-corrected chi connectivity index (χ0v) is 20.7. The molecule has 0 radical (unpaired) electrons. The lowest BCUT2D eigenvalue weighted by atomic mass is 10.1. The van der Waals surface area contributed by atoms with Crippen LogP contribution < -0.4 is 24.3 Å². The van der Waals surface area contributed by atoms with Crippen molar-refractivity contribution in [1.82, 2.24) is 0 Å². The first-order valence-corrected chi connectivity index (χ1v) is 11.0. The Hall–Kier alpha value is -4.40. The fourth-order valence-electron chi connectivity index (χ4n) is 3.43. The van der Waals surface area contributed by atoms with E-state index >= 15 is 0 Å². The first kappa shape index (κ1) is 27.2. The molecule has 9 heteroatoms. The van der Waals surface area contributed by atoms with Crippen LogP contribution in [0.3, 0.4) is 0 Å². The van der Waals surface area contributed by atoms with Crippen LogP contribution in [0, 0.1) is 0 Å². The molecule has 6 nitrogen and oxygen atoms in total. The van der Waals surface area contributed by atoms with Crippen molar-refractivity contribution in [2.45, 2.75) is 6.18 Å². The molecule has 0 atom stereocenters. The van der Waals surface area contributed by atoms with Gasteiger partial charge in [0.25, 0.3) is 0 Å². The first-order chi connectivity index (χ1) is 17.7. The van der Waals surface area contributed by atoms with Gasteiger partial charge < -0.3 is 24.3 Å². The molecule has 1 N–H and O–H groups in total. The standard InChI is InChI=1S/C28H26F3NO5/c1-34-22-13-10-20(9-5-19-15-24(35-2)27(37-4)25(16-19)36-3)23(17-22)32-26(33)14-8-18-6-11-21(12-7-18)28(29,30)31/h5-17H,1-4H3,(H,32,33)/b9-5+,14-8+. The van der Waals surface area contributed by atoms with Gasteiger partial charge in [-0.3, -0.25) is 4.79 Å². The van der Waals surface area contributed by atoms with Crippen molar-refractivity contribution in [3.8, 4) is 23.0 Å². The van der Waals surface area contributed by atoms with Gasteiger partial charge in [0.2, 0.25) is 11.7 Å². The molecule has 3 aromatic rings. The van der Waals surface area contributed by atoms with Crippen LogP contribution in [-0.2, 0) is 11.0 Å². The minimum Gasteiger partial charge on any atom is -0.497 e. The average molecular weight is 514 g/mol. The van der Waals surface area contributed by atoms with E-state index in [9.17, 15) is 18.0 Å². The molecule has 1 amide bonds. The van der Waals surface area contributed by atoms with E-state index in [4.69, 9.17) is 18.9 Å². The SMILES string of the molecule is COc1ccc(/C=C/c2cc(OC)c(OC)c(OC)c2)c(NC(=O)/C=C/c2ccc(C(F)(F)F)cc2)c1. The van der Waals surface area contributed by atoms with Crippen LogP contribution in [0.2, 0.25) is 0 Å². The maximum Gasteiger partial charge on any atom is 0.416 e. The highest BCUT2D eigenvalue weighted by Crippen LogP contribution is 2.39. The molecule has 0 bridgehead atoms. The second-order valence-electron chi connectivity index (χ2n) is 7.69. The smallest absolute Gasteiger partial charge is 0.416 e. The highest BCUT2D eigenvalue weighted by Gasteiger charge is 2.29. The fourth-order valence-corrected chi connectivity index (χ4v) is 3.43. The number of rotatable bonds is 9. The number of amides is 1. The molecule has 0 aliphatic rings. The maximum absolute atomic E-state index is 12.7. The van der Waals surface area contributed by atoms with E-state index < -0.39 is 17.6 Å². The topological polar surface area (TPSA) is 66.0 Å². The van der Waals surface area contributed by atoms with E-state index in [1.807, 2.05) is 6.08 Å². The molecular weight excluding hydrogens is 487 g/mol. The van der Waals surface area contributed by atoms with Crippen LogP contribution in [-0.4, -0.2) is 34.3 Å². The number of benzene rings is 3. The Morgan fingerprint density at radius 3 is 1.95 bits per heavy atom. The molecule has 37 heavy (non-hydrogen) atoms. The summed E-state index contributed by atoms with van der Waals surface area (Å²) in [6.45, 7) is 0. The summed E-state index contributed by atoms with van der Waals surface area (Å²) < 4.78 is 59.6. The third kappa shape index (κ3) is 7.07. The van der Waals surface area contributed by atoms with Crippen LogP contribution in [0.1, 0.15) is 22.3 Å². The van der Waals surface area contributed by atoms with Crippen molar-refractivity contribution in [3.05, 3.63) is 82.9 Å². The second kappa shape index (κ2) is 12.0. The van der Waals surface area contributed by atoms with Crippen LogP contribution in [0.15, 0.2) is 60.7 Å². The Morgan fingerprint density at radius 1 is 0.757 bits per heavy atom. The van der Waals surface area contributed by atoms with Gasteiger partial charge in [0.15, 0.2) is 11.5 Å². The van der Waals surface area contributed by atoms with E-state index in [1.165, 1.54) is 52.7 Å². The van der Waals surface area contributed by atoms with E-state index in [0.717, 1.165) is 17.7 Å². The van der Waals surface area contributed by atoms with Crippen molar-refractivity contribution < 1.29 is 36.9 Å². The first-order valence-electron chi connectivity index (χ1n) is 11.0. The Kier molecular flexibility index (Phi) is 8.84. The molecule has 0 spiro atoms. The molecule has 0 aliphatic heterocycles. The lowest BCUT2D eigenvalue weighted by Crippen LogP contribution is -2.09. The molecule has 0 unspecified atom stereocenters. The fraction of sp³-hybridized carbons (Fsp3) is 0.179. The van der Waals surface area contributed by atoms with Crippen LogP contribution in [0.5, 0.6) is 23.0 Å². The number of alkyl halides is 3. The molecule has 194 valence electrons. The second-order valence-corrected chi connectivity index (χ2v) is 7.69. The molecule has 3 rings (SSSR count). The van der Waals surface area contributed by atoms with Gasteiger partial charge in [0, 0.05) is 12.1 Å². The number of hydrogen-bond acceptors (Lipinski definition) is 5. The third-order valence-electron chi connectivity index (χ3n) is 5.33. The normalized spacial score (nSPS) is 11.5. The summed E-state index contributed by atoms with van der Waals surface area (Å²) in [5, 5.41) is 2.78. The lowest BCUT2D eigenvalue weighted by Gasteiger charge is -2.13. The molecule has 0 aromatic heterocycles. The van der Waals surface area contributed by atoms with Crippen LogP contribution >= 0.6 is 0 Å². The Balaban J connectivity index is 1.83. The summed E-state index contributed by atoms with van der Waals surface area (Å²) in [7, 11) is 6.09. The number of nitrogens with one attached hydrogen (secondary N) is 1. The molecule has 3 aromatic carbocycles. The van der Waals surface area contributed by atoms with Crippen molar-refractivity contribution in [1.29, 1.82) is 0 Å². The molecule has 0 aliphatic carbocycles. The van der Waals surface area contributed by atoms with E-state index in [-0.39, 0.29) is 0 Å². The summed E-state index contributed by atoms with van der Waals surface area (Å²) >= 11 is 0. The molecule has 0 fully saturated rings. The third-order valence-corrected chi connectivity index (χ3v) is 5.33. The Labute approximate surface area is 212 Å². The summed E-state index contributed by atoms with van der Waals surface area (Å²) in [6.07, 6.45) is 1.88. The van der Waals surface area contributed by atoms with Gasteiger partial charge in [-0.15, -0.1) is 0 Å². The maximum atomic E-state index is 12.7. The molecular formula is C28H26F3NO5. The Bertz CT molecular complexity index is 1270. The van der Waals surface area contributed by atoms with E-state index in [0.29, 0.717) is 39.8 Å². The van der Waals surface area contributed by atoms with Crippen molar-refractivity contribution in [2.75, 3.05) is 33.8 Å². The summed E-state index contributed by atoms with van der Waals surface area (Å²) in [5.74, 6) is 1.54. The Morgan fingerprint density at radius 2 is 1.41 bits per heavy atom. The van der Waals surface area contributed by atoms with Crippen molar-refractivity contribution in [2.24, 2.45) is 0 Å². The van der Waals surface area contributed by atoms with Gasteiger partial charge in [0.1, 0.15) is 5.75 Å². The van der Waals surface area contributed by atoms with Gasteiger partial charge in [0.05, 0.1) is 39.7 Å². The summed E-state index contributed by atoms with van der Waals surface area (Å²) in [6, 6.07) is 13.3. The quantitative estimate of drug-likeness (QED) is 0.259. The predicted molar refractivity (Wildman–Crippen MR) is 137 cm³/mol. The monoisotopic (exact) mass is 513 g/mol. The minimum atomic E-state index is -4.42. The number of carbonyl (C=O) groups is 1. The number of carbonyl (C=O) groups excluding carboxylic acids is 1.